The molecule has 11 radical (unpaired) electrons. The van der Waals surface area contributed by atoms with Crippen molar-refractivity contribution in [3.05, 3.63) is 0 Å². The lowest BCUT2D eigenvalue weighted by molar-refractivity contribution is 1.27. The number of hydrogen-bond donors (Lipinski definition) is 1. The summed E-state index contributed by atoms with van der Waals surface area (Å²) in [5, 5.41) is 2.89. The summed E-state index contributed by atoms with van der Waals surface area (Å²) in [6.07, 6.45) is 0. The van der Waals surface area contributed by atoms with Gasteiger partial charge in [0.2, 0.25) is 0 Å². The molecule has 0 aromatic carbocycles. The smallest absolute Gasteiger partial charge is 0.144 e. The summed E-state index contributed by atoms with van der Waals surface area (Å²) in [7, 11) is 23.6. The van der Waals surface area contributed by atoms with E-state index in [0.717, 1.165) is 0 Å². The minimum Gasteiger partial charge on any atom is -0.372 e. The van der Waals surface area contributed by atoms with Crippen LogP contribution in [0.3, 0.4) is 0 Å². The van der Waals surface area contributed by atoms with E-state index in [1.807, 2.05) is 56.7 Å². The van der Waals surface area contributed by atoms with Crippen molar-refractivity contribution in [2.45, 2.75) is 0 Å². The molecule has 0 aromatic rings. The Morgan fingerprint density at radius 3 is 1.77 bits per heavy atom. The summed E-state index contributed by atoms with van der Waals surface area (Å²) in [5.41, 5.74) is 0. The monoisotopic (exact) mass is 176 g/mol. The van der Waals surface area contributed by atoms with Crippen LogP contribution >= 0.6 is 12.4 Å². The average Bonchev–Trinajstić information content (AvgIpc) is 2.10. The van der Waals surface area contributed by atoms with E-state index in [9.17, 15) is 0 Å². The summed E-state index contributed by atoms with van der Waals surface area (Å²) in [6, 6.07) is 0. The summed E-state index contributed by atoms with van der Waals surface area (Å²) in [6.45, 7) is 0. The van der Waals surface area contributed by atoms with Gasteiger partial charge in [0, 0.05) is 64.2 Å². The highest BCUT2D eigenvalue weighted by atomic mass is 35.5. The van der Waals surface area contributed by atoms with E-state index in [0.29, 0.717) is 0 Å². The van der Waals surface area contributed by atoms with Crippen LogP contribution in [0, 0.1) is 0 Å². The molecule has 0 fully saturated rings. The molecule has 13 heavy (non-hydrogen) atoms. The van der Waals surface area contributed by atoms with Crippen LogP contribution in [0.4, 0.5) is 0 Å². The highest BCUT2D eigenvalue weighted by molar-refractivity contribution is 7.68. The van der Waals surface area contributed by atoms with E-state index in [1.165, 1.54) is 7.06 Å². The Bertz CT molecular complexity index is 71.3. The van der Waals surface area contributed by atoms with E-state index in [1.54, 1.807) is 7.06 Å². The normalized spacial score (nSPS) is 6.85. The number of rotatable bonds is 9. The maximum atomic E-state index is 5.13. The second kappa shape index (κ2) is 15.4. The van der Waals surface area contributed by atoms with E-state index in [-0.39, 0.29) is 12.4 Å². The van der Waals surface area contributed by atoms with E-state index < -0.39 is 0 Å². The first kappa shape index (κ1) is 16.3. The molecule has 0 unspecified atom stereocenters. The van der Waals surface area contributed by atoms with Crippen molar-refractivity contribution in [1.82, 2.24) is 5.23 Å². The summed E-state index contributed by atoms with van der Waals surface area (Å²) >= 11 is 0. The SMILES string of the molecule is Cl.[B][B][B][B][B][B][B][B][B][B]NC. The van der Waals surface area contributed by atoms with Crippen LogP contribution in [-0.2, 0) is 0 Å². The van der Waals surface area contributed by atoms with E-state index in [4.69, 9.17) is 7.74 Å². The Balaban J connectivity index is 0. The molecule has 0 rings (SSSR count). The van der Waals surface area contributed by atoms with Crippen LogP contribution in [0.15, 0.2) is 0 Å². The van der Waals surface area contributed by atoms with Crippen molar-refractivity contribution in [2.75, 3.05) is 7.05 Å². The first-order valence-electron chi connectivity index (χ1n) is 3.79. The van der Waals surface area contributed by atoms with Crippen LogP contribution in [0.5, 0.6) is 0 Å². The molecule has 0 saturated carbocycles. The van der Waals surface area contributed by atoms with Gasteiger partial charge in [-0.3, -0.25) is 0 Å². The fourth-order valence-electron chi connectivity index (χ4n) is 0.537. The minimum absolute atomic E-state index is 0. The Kier molecular flexibility index (Phi) is 19.3. The highest BCUT2D eigenvalue weighted by Crippen LogP contribution is 1.56. The van der Waals surface area contributed by atoms with Gasteiger partial charge in [0.05, 0.1) is 0 Å². The molecule has 12 heteroatoms. The predicted octanol–water partition coefficient (Wildman–Crippen LogP) is -3.72. The predicted molar refractivity (Wildman–Crippen MR) is 73.8 cm³/mol. The Labute approximate surface area is 96.3 Å². The molecular weight excluding hydrogens is 170 g/mol. The lowest BCUT2D eigenvalue weighted by Gasteiger charge is -1.95. The fraction of sp³-hybridized carbons (Fsp3) is 1.00. The summed E-state index contributed by atoms with van der Waals surface area (Å²) in [4.78, 5) is 0. The Morgan fingerprint density at radius 2 is 1.31 bits per heavy atom. The Morgan fingerprint density at radius 1 is 0.846 bits per heavy atom. The number of hydrogen-bond acceptors (Lipinski definition) is 1. The van der Waals surface area contributed by atoms with E-state index in [2.05, 4.69) is 5.23 Å². The van der Waals surface area contributed by atoms with Gasteiger partial charge < -0.3 is 5.23 Å². The van der Waals surface area contributed by atoms with Crippen LogP contribution < -0.4 is 5.23 Å². The van der Waals surface area contributed by atoms with Gasteiger partial charge in [-0.1, -0.05) is 0 Å². The van der Waals surface area contributed by atoms with Crippen LogP contribution in [0.2, 0.25) is 0 Å². The maximum Gasteiger partial charge on any atom is 0.144 e. The van der Waals surface area contributed by atoms with Crippen molar-refractivity contribution >= 4 is 83.9 Å². The molecule has 0 aliphatic carbocycles. The zero-order chi connectivity index (χ0) is 9.07. The third-order valence-corrected chi connectivity index (χ3v) is 1.04. The highest BCUT2D eigenvalue weighted by Gasteiger charge is 1.95. The largest absolute Gasteiger partial charge is 0.372 e. The van der Waals surface area contributed by atoms with Gasteiger partial charge in [-0.15, -0.1) is 12.4 Å². The minimum atomic E-state index is 0. The molecule has 0 atom stereocenters. The van der Waals surface area contributed by atoms with E-state index >= 15 is 0 Å². The summed E-state index contributed by atoms with van der Waals surface area (Å²) in [5.74, 6) is 0. The molecule has 1 N–H and O–H groups in total. The van der Waals surface area contributed by atoms with Crippen LogP contribution in [-0.4, -0.2) is 78.6 Å². The van der Waals surface area contributed by atoms with Crippen molar-refractivity contribution in [3.63, 3.8) is 0 Å². The van der Waals surface area contributed by atoms with Gasteiger partial charge in [-0.05, 0) is 7.05 Å². The number of nitrogens with one attached hydrogen (secondary N) is 1. The lowest BCUT2D eigenvalue weighted by Crippen LogP contribution is -2.34. The van der Waals surface area contributed by atoms with Gasteiger partial charge >= 0.3 is 0 Å². The van der Waals surface area contributed by atoms with Gasteiger partial charge in [0.15, 0.2) is 0 Å². The van der Waals surface area contributed by atoms with Crippen molar-refractivity contribution in [2.24, 2.45) is 0 Å². The molecule has 0 heterocycles. The molecule has 0 aliphatic rings. The van der Waals surface area contributed by atoms with Gasteiger partial charge in [0.1, 0.15) is 7.31 Å². The molecule has 1 nitrogen and oxygen atoms in total. The zero-order valence-electron chi connectivity index (χ0n) is 7.68. The third-order valence-electron chi connectivity index (χ3n) is 1.04. The topological polar surface area (TPSA) is 12.0 Å². The maximum absolute atomic E-state index is 5.13. The molecule has 0 aromatic heterocycles. The standard InChI is InChI=1S/CH4B10N.ClH/c1-12-11-10-9-8-7-6-5-4-3-2;/h12H,1H3;1H. The van der Waals surface area contributed by atoms with Crippen molar-refractivity contribution in [3.8, 4) is 0 Å². The lowest BCUT2D eigenvalue weighted by atomic mass is 8.89. The zero-order valence-corrected chi connectivity index (χ0v) is 8.50. The van der Waals surface area contributed by atoms with Gasteiger partial charge in [-0.25, -0.2) is 0 Å². The molecule has 0 saturated heterocycles. The molecule has 0 spiro atoms. The quantitative estimate of drug-likeness (QED) is 0.280. The van der Waals surface area contributed by atoms with Gasteiger partial charge in [-0.2, -0.15) is 0 Å². The fourth-order valence-corrected chi connectivity index (χ4v) is 0.537. The number of halogens is 1. The third kappa shape index (κ3) is 15.6. The van der Waals surface area contributed by atoms with Crippen LogP contribution in [0.25, 0.3) is 0 Å². The molecular formula is CH5B10ClN. The van der Waals surface area contributed by atoms with Crippen molar-refractivity contribution in [1.29, 1.82) is 0 Å². The van der Waals surface area contributed by atoms with Crippen LogP contribution in [0.1, 0.15) is 0 Å². The molecule has 0 bridgehead atoms. The second-order valence-corrected chi connectivity index (χ2v) is 1.99. The second-order valence-electron chi connectivity index (χ2n) is 1.99. The summed E-state index contributed by atoms with van der Waals surface area (Å²) < 4.78 is 0. The first-order chi connectivity index (χ1) is 5.91. The first-order valence-corrected chi connectivity index (χ1v) is 3.79. The molecule has 0 amide bonds. The Hall–Kier alpha value is 0.899. The molecule has 51 valence electrons. The van der Waals surface area contributed by atoms with Gasteiger partial charge in [0.25, 0.3) is 0 Å². The molecule has 0 aliphatic heterocycles. The van der Waals surface area contributed by atoms with Crippen molar-refractivity contribution < 1.29 is 0 Å². The average molecular weight is 175 g/mol.